The van der Waals surface area contributed by atoms with E-state index in [0.717, 1.165) is 7.11 Å². The summed E-state index contributed by atoms with van der Waals surface area (Å²) in [5.41, 5.74) is 2.52. The number of esters is 1. The normalized spacial score (nSPS) is 11.2. The number of ether oxygens (including phenoxy) is 1. The molecular formula is C14H17F2N3O4. The van der Waals surface area contributed by atoms with Gasteiger partial charge in [-0.05, 0) is 17.7 Å². The van der Waals surface area contributed by atoms with E-state index in [2.05, 4.69) is 4.74 Å². The van der Waals surface area contributed by atoms with Gasteiger partial charge < -0.3 is 20.7 Å². The first-order chi connectivity index (χ1) is 11.2. The standard InChI is InChI=1S/C14H17F2N3O4/c1-19(13(17)22)7-9-3-5-10(6-4-9)11(20)18-8-14(15,16)12(21)23-2/h3-6H,7-8H2,1-2H3,(H2,17,22)(H,18,20)/i/hD. The lowest BCUT2D eigenvalue weighted by molar-refractivity contribution is -0.167. The maximum absolute atomic E-state index is 13.3. The van der Waals surface area contributed by atoms with Gasteiger partial charge >= 0.3 is 17.9 Å². The van der Waals surface area contributed by atoms with Gasteiger partial charge in [-0.15, -0.1) is 0 Å². The minimum Gasteiger partial charge on any atom is -0.465 e. The van der Waals surface area contributed by atoms with Gasteiger partial charge in [0.05, 0.1) is 13.7 Å². The average Bonchev–Trinajstić information content (AvgIpc) is 2.58. The van der Waals surface area contributed by atoms with Crippen molar-refractivity contribution in [2.75, 3.05) is 20.7 Å². The molecule has 3 N–H and O–H groups in total. The van der Waals surface area contributed by atoms with Crippen molar-refractivity contribution in [2.45, 2.75) is 12.5 Å². The van der Waals surface area contributed by atoms with E-state index in [1.807, 2.05) is 5.32 Å². The van der Waals surface area contributed by atoms with E-state index in [-0.39, 0.29) is 12.1 Å². The van der Waals surface area contributed by atoms with E-state index in [1.165, 1.54) is 24.1 Å². The number of nitrogens with two attached hydrogens (primary N) is 1. The quantitative estimate of drug-likeness (QED) is 0.751. The number of nitrogens with one attached hydrogen (secondary N) is 1. The van der Waals surface area contributed by atoms with Crippen LogP contribution in [0.4, 0.5) is 13.6 Å². The molecule has 7 nitrogen and oxygen atoms in total. The van der Waals surface area contributed by atoms with E-state index >= 15 is 0 Å². The molecule has 3 amide bonds. The monoisotopic (exact) mass is 330 g/mol. The van der Waals surface area contributed by atoms with E-state index in [4.69, 9.17) is 1.41 Å². The van der Waals surface area contributed by atoms with Crippen molar-refractivity contribution in [3.63, 3.8) is 0 Å². The number of hydrogen-bond donors (Lipinski definition) is 2. The number of benzene rings is 1. The number of urea groups is 1. The Morgan fingerprint density at radius 1 is 1.35 bits per heavy atom. The Bertz CT molecular complexity index is 611. The Hall–Kier alpha value is -2.71. The fraction of sp³-hybridized carbons (Fsp3) is 0.357. The van der Waals surface area contributed by atoms with Crippen LogP contribution in [0.2, 0.25) is 1.41 Å². The summed E-state index contributed by atoms with van der Waals surface area (Å²) < 4.78 is 37.2. The third-order valence-corrected chi connectivity index (χ3v) is 2.94. The third kappa shape index (κ3) is 5.20. The highest BCUT2D eigenvalue weighted by atomic mass is 19.3. The number of primary amides is 1. The smallest absolute Gasteiger partial charge is 0.378 e. The molecule has 0 aromatic heterocycles. The molecule has 0 atom stereocenters. The zero-order valence-electron chi connectivity index (χ0n) is 13.6. The van der Waals surface area contributed by atoms with Crippen LogP contribution in [0.25, 0.3) is 0 Å². The maximum Gasteiger partial charge on any atom is 0.378 e. The number of hydrogen-bond acceptors (Lipinski definition) is 4. The molecule has 1 aromatic rings. The molecule has 0 unspecified atom stereocenters. The van der Waals surface area contributed by atoms with Gasteiger partial charge in [-0.2, -0.15) is 8.78 Å². The van der Waals surface area contributed by atoms with Crippen molar-refractivity contribution in [1.29, 1.82) is 0 Å². The molecule has 0 radical (unpaired) electrons. The number of methoxy groups -OCH3 is 1. The van der Waals surface area contributed by atoms with Gasteiger partial charge in [0.15, 0.2) is 1.41 Å². The number of rotatable bonds is 6. The van der Waals surface area contributed by atoms with Crippen molar-refractivity contribution < 1.29 is 29.3 Å². The molecule has 0 spiro atoms. The van der Waals surface area contributed by atoms with Gasteiger partial charge in [-0.25, -0.2) is 9.59 Å². The first-order valence-corrected chi connectivity index (χ1v) is 6.47. The molecule has 1 aromatic carbocycles. The minimum atomic E-state index is -3.81. The number of amides is 3. The zero-order chi connectivity index (χ0) is 18.3. The van der Waals surface area contributed by atoms with Gasteiger partial charge in [0.1, 0.15) is 0 Å². The molecule has 23 heavy (non-hydrogen) atoms. The van der Waals surface area contributed by atoms with Crippen LogP contribution < -0.4 is 11.0 Å². The molecule has 0 aliphatic carbocycles. The predicted octanol–water partition coefficient (Wildman–Crippen LogP) is 0.735. The van der Waals surface area contributed by atoms with Crippen LogP contribution in [0.15, 0.2) is 24.3 Å². The lowest BCUT2D eigenvalue weighted by atomic mass is 10.1. The number of alkyl halides is 2. The van der Waals surface area contributed by atoms with Gasteiger partial charge in [0.25, 0.3) is 5.91 Å². The Morgan fingerprint density at radius 2 is 1.96 bits per heavy atom. The number of nitrogens with zero attached hydrogens (tertiary/aromatic N) is 1. The van der Waals surface area contributed by atoms with Crippen LogP contribution in [-0.4, -0.2) is 49.4 Å². The van der Waals surface area contributed by atoms with Crippen molar-refractivity contribution in [3.8, 4) is 0 Å². The Kier molecular flexibility index (Phi) is 5.45. The predicted molar refractivity (Wildman–Crippen MR) is 76.8 cm³/mol. The third-order valence-electron chi connectivity index (χ3n) is 2.94. The largest absolute Gasteiger partial charge is 0.465 e. The minimum absolute atomic E-state index is 0.118. The number of carbonyl (C=O) groups excluding carboxylic acids is 3. The Morgan fingerprint density at radius 3 is 2.48 bits per heavy atom. The van der Waals surface area contributed by atoms with Crippen LogP contribution in [0, 0.1) is 0 Å². The molecule has 1 rings (SSSR count). The van der Waals surface area contributed by atoms with Gasteiger partial charge in [-0.3, -0.25) is 4.79 Å². The van der Waals surface area contributed by atoms with Crippen molar-refractivity contribution >= 4 is 17.9 Å². The molecular weight excluding hydrogens is 312 g/mol. The highest BCUT2D eigenvalue weighted by Gasteiger charge is 2.40. The first-order valence-electron chi connectivity index (χ1n) is 6.97. The molecule has 0 saturated carbocycles. The van der Waals surface area contributed by atoms with Gasteiger partial charge in [0.2, 0.25) is 0 Å². The number of halogens is 2. The van der Waals surface area contributed by atoms with Crippen molar-refractivity contribution in [1.82, 2.24) is 10.2 Å². The molecule has 0 heterocycles. The molecule has 9 heteroatoms. The second-order valence-electron chi connectivity index (χ2n) is 4.74. The van der Waals surface area contributed by atoms with Crippen molar-refractivity contribution in [2.24, 2.45) is 5.73 Å². The lowest BCUT2D eigenvalue weighted by Crippen LogP contribution is -2.42. The number of carbonyl (C=O) groups is 3. The van der Waals surface area contributed by atoms with Crippen LogP contribution in [0.3, 0.4) is 0 Å². The van der Waals surface area contributed by atoms with Crippen LogP contribution >= 0.6 is 0 Å². The maximum atomic E-state index is 13.3. The summed E-state index contributed by atoms with van der Waals surface area (Å²) in [5, 5.41) is 1.95. The second kappa shape index (κ2) is 7.52. The van der Waals surface area contributed by atoms with E-state index in [0.29, 0.717) is 5.56 Å². The molecule has 0 aliphatic rings. The van der Waals surface area contributed by atoms with Crippen LogP contribution in [0.5, 0.6) is 0 Å². The first kappa shape index (κ1) is 16.7. The fourth-order valence-corrected chi connectivity index (χ4v) is 1.62. The second-order valence-corrected chi connectivity index (χ2v) is 4.74. The summed E-state index contributed by atoms with van der Waals surface area (Å²) in [4.78, 5) is 35.1. The van der Waals surface area contributed by atoms with E-state index < -0.39 is 30.4 Å². The molecule has 0 bridgehead atoms. The van der Waals surface area contributed by atoms with E-state index in [9.17, 15) is 23.2 Å². The highest BCUT2D eigenvalue weighted by molar-refractivity contribution is 5.94. The lowest BCUT2D eigenvalue weighted by Gasteiger charge is -2.15. The molecule has 0 aliphatic heterocycles. The highest BCUT2D eigenvalue weighted by Crippen LogP contribution is 2.14. The fourth-order valence-electron chi connectivity index (χ4n) is 1.62. The molecule has 126 valence electrons. The molecule has 0 fully saturated rings. The molecule has 0 saturated heterocycles. The average molecular weight is 330 g/mol. The SMILES string of the molecule is [2H]NC(=O)N(C)Cc1ccc(C(=O)NCC(F)(F)C(=O)OC)cc1. The van der Waals surface area contributed by atoms with Crippen molar-refractivity contribution in [3.05, 3.63) is 35.4 Å². The van der Waals surface area contributed by atoms with Crippen LogP contribution in [-0.2, 0) is 16.1 Å². The van der Waals surface area contributed by atoms with Crippen LogP contribution in [0.1, 0.15) is 15.9 Å². The summed E-state index contributed by atoms with van der Waals surface area (Å²) in [6.45, 7) is -0.973. The summed E-state index contributed by atoms with van der Waals surface area (Å²) in [5.74, 6) is -6.31. The summed E-state index contributed by atoms with van der Waals surface area (Å²) in [7, 11) is 2.31. The topological polar surface area (TPSA) is 102 Å². The van der Waals surface area contributed by atoms with Gasteiger partial charge in [-0.1, -0.05) is 12.1 Å². The summed E-state index contributed by atoms with van der Waals surface area (Å²) in [6, 6.07) is 5.28. The summed E-state index contributed by atoms with van der Waals surface area (Å²) in [6.07, 6.45) is 0. The van der Waals surface area contributed by atoms with E-state index in [1.54, 1.807) is 17.9 Å². The zero-order valence-corrected chi connectivity index (χ0v) is 12.6. The Balaban J connectivity index is 2.64. The van der Waals surface area contributed by atoms with Gasteiger partial charge in [0, 0.05) is 19.2 Å². The summed E-state index contributed by atoms with van der Waals surface area (Å²) >= 11 is 0. The Labute approximate surface area is 132 Å².